The van der Waals surface area contributed by atoms with Crippen molar-refractivity contribution in [1.82, 2.24) is 15.5 Å². The molecule has 1 aromatic heterocycles. The first-order valence-corrected chi connectivity index (χ1v) is 9.60. The van der Waals surface area contributed by atoms with Crippen molar-refractivity contribution in [2.45, 2.75) is 39.0 Å². The molecular formula is C18H33IN4S. The largest absolute Gasteiger partial charge is 0.356 e. The molecule has 0 spiro atoms. The van der Waals surface area contributed by atoms with E-state index in [1.54, 1.807) is 0 Å². The van der Waals surface area contributed by atoms with Gasteiger partial charge in [-0.1, -0.05) is 26.8 Å². The number of guanidine groups is 1. The van der Waals surface area contributed by atoms with Gasteiger partial charge in [0.1, 0.15) is 0 Å². The van der Waals surface area contributed by atoms with Gasteiger partial charge in [0, 0.05) is 37.0 Å². The van der Waals surface area contributed by atoms with E-state index in [4.69, 9.17) is 0 Å². The van der Waals surface area contributed by atoms with Crippen molar-refractivity contribution < 1.29 is 0 Å². The SMILES string of the molecule is CN=C(NCC(C)CN1CCCC1)NCC(C)(C)c1cccs1.I. The van der Waals surface area contributed by atoms with Crippen LogP contribution in [0.4, 0.5) is 0 Å². The second-order valence-electron chi connectivity index (χ2n) is 7.28. The van der Waals surface area contributed by atoms with E-state index < -0.39 is 0 Å². The smallest absolute Gasteiger partial charge is 0.191 e. The minimum atomic E-state index is 0. The van der Waals surface area contributed by atoms with Crippen molar-refractivity contribution in [2.75, 3.05) is 39.8 Å². The number of rotatable bonds is 7. The van der Waals surface area contributed by atoms with Gasteiger partial charge in [-0.05, 0) is 43.3 Å². The van der Waals surface area contributed by atoms with Crippen LogP contribution in [-0.2, 0) is 5.41 Å². The van der Waals surface area contributed by atoms with Crippen molar-refractivity contribution in [2.24, 2.45) is 10.9 Å². The lowest BCUT2D eigenvalue weighted by Crippen LogP contribution is -2.45. The molecule has 1 aromatic rings. The molecule has 0 bridgehead atoms. The molecule has 24 heavy (non-hydrogen) atoms. The molecule has 0 amide bonds. The quantitative estimate of drug-likeness (QED) is 0.369. The van der Waals surface area contributed by atoms with Crippen LogP contribution in [0.25, 0.3) is 0 Å². The van der Waals surface area contributed by atoms with Gasteiger partial charge in [-0.25, -0.2) is 0 Å². The van der Waals surface area contributed by atoms with Crippen LogP contribution in [0, 0.1) is 5.92 Å². The second kappa shape index (κ2) is 10.6. The van der Waals surface area contributed by atoms with E-state index in [0.717, 1.165) is 19.0 Å². The Morgan fingerprint density at radius 1 is 1.33 bits per heavy atom. The van der Waals surface area contributed by atoms with E-state index in [1.165, 1.54) is 37.4 Å². The fraction of sp³-hybridized carbons (Fsp3) is 0.722. The predicted molar refractivity (Wildman–Crippen MR) is 117 cm³/mol. The highest BCUT2D eigenvalue weighted by Gasteiger charge is 2.22. The predicted octanol–water partition coefficient (Wildman–Crippen LogP) is 3.54. The molecule has 1 aliphatic heterocycles. The summed E-state index contributed by atoms with van der Waals surface area (Å²) in [5.41, 5.74) is 0.118. The summed E-state index contributed by atoms with van der Waals surface area (Å²) < 4.78 is 0. The molecule has 1 fully saturated rings. The Bertz CT molecular complexity index is 481. The Balaban J connectivity index is 0.00000288. The highest BCUT2D eigenvalue weighted by molar-refractivity contribution is 14.0. The maximum atomic E-state index is 4.36. The number of hydrogen-bond acceptors (Lipinski definition) is 3. The fourth-order valence-corrected chi connectivity index (χ4v) is 3.87. The summed E-state index contributed by atoms with van der Waals surface area (Å²) in [6, 6.07) is 4.33. The molecule has 0 saturated carbocycles. The van der Waals surface area contributed by atoms with Crippen LogP contribution in [-0.4, -0.2) is 50.6 Å². The Morgan fingerprint density at radius 2 is 2.04 bits per heavy atom. The van der Waals surface area contributed by atoms with Gasteiger partial charge in [0.05, 0.1) is 0 Å². The Morgan fingerprint density at radius 3 is 2.62 bits per heavy atom. The number of aliphatic imine (C=N–C) groups is 1. The zero-order valence-electron chi connectivity index (χ0n) is 15.5. The van der Waals surface area contributed by atoms with E-state index in [2.05, 4.69) is 58.8 Å². The summed E-state index contributed by atoms with van der Waals surface area (Å²) in [5, 5.41) is 9.10. The first-order chi connectivity index (χ1) is 11.0. The summed E-state index contributed by atoms with van der Waals surface area (Å²) in [7, 11) is 1.85. The first-order valence-electron chi connectivity index (χ1n) is 8.72. The van der Waals surface area contributed by atoms with Crippen molar-refractivity contribution in [3.8, 4) is 0 Å². The molecule has 0 aromatic carbocycles. The highest BCUT2D eigenvalue weighted by atomic mass is 127. The minimum absolute atomic E-state index is 0. The number of likely N-dealkylation sites (tertiary alicyclic amines) is 1. The van der Waals surface area contributed by atoms with Gasteiger partial charge in [0.15, 0.2) is 5.96 Å². The zero-order valence-corrected chi connectivity index (χ0v) is 18.6. The van der Waals surface area contributed by atoms with E-state index in [-0.39, 0.29) is 29.4 Å². The summed E-state index contributed by atoms with van der Waals surface area (Å²) in [6.45, 7) is 12.4. The second-order valence-corrected chi connectivity index (χ2v) is 8.23. The maximum Gasteiger partial charge on any atom is 0.191 e. The summed E-state index contributed by atoms with van der Waals surface area (Å²) >= 11 is 1.82. The van der Waals surface area contributed by atoms with Gasteiger partial charge in [-0.15, -0.1) is 35.3 Å². The zero-order chi connectivity index (χ0) is 16.7. The topological polar surface area (TPSA) is 39.7 Å². The van der Waals surface area contributed by atoms with Crippen LogP contribution in [0.1, 0.15) is 38.5 Å². The lowest BCUT2D eigenvalue weighted by molar-refractivity contribution is 0.287. The average Bonchev–Trinajstić information content (AvgIpc) is 3.21. The van der Waals surface area contributed by atoms with Crippen LogP contribution in [0.15, 0.2) is 22.5 Å². The summed E-state index contributed by atoms with van der Waals surface area (Å²) in [6.07, 6.45) is 2.72. The molecular weight excluding hydrogens is 431 g/mol. The Hall–Kier alpha value is -0.340. The molecule has 2 heterocycles. The first kappa shape index (κ1) is 21.7. The molecule has 2 N–H and O–H groups in total. The molecule has 0 radical (unpaired) electrons. The van der Waals surface area contributed by atoms with Crippen molar-refractivity contribution in [3.05, 3.63) is 22.4 Å². The summed E-state index contributed by atoms with van der Waals surface area (Å²) in [5.74, 6) is 1.54. The van der Waals surface area contributed by atoms with Gasteiger partial charge in [-0.3, -0.25) is 4.99 Å². The standard InChI is InChI=1S/C18H32N4S.HI/c1-15(13-22-9-5-6-10-22)12-20-17(19-4)21-14-18(2,3)16-8-7-11-23-16;/h7-8,11,15H,5-6,9-10,12-14H2,1-4H3,(H2,19,20,21);1H. The van der Waals surface area contributed by atoms with Gasteiger partial charge < -0.3 is 15.5 Å². The molecule has 1 unspecified atom stereocenters. The third-order valence-electron chi connectivity index (χ3n) is 4.50. The van der Waals surface area contributed by atoms with Crippen molar-refractivity contribution in [3.63, 3.8) is 0 Å². The molecule has 1 aliphatic rings. The molecule has 6 heteroatoms. The Kier molecular flexibility index (Phi) is 9.59. The van der Waals surface area contributed by atoms with Crippen LogP contribution >= 0.6 is 35.3 Å². The lowest BCUT2D eigenvalue weighted by Gasteiger charge is -2.26. The number of hydrogen-bond donors (Lipinski definition) is 2. The minimum Gasteiger partial charge on any atom is -0.356 e. The van der Waals surface area contributed by atoms with Gasteiger partial charge >= 0.3 is 0 Å². The van der Waals surface area contributed by atoms with Gasteiger partial charge in [0.25, 0.3) is 0 Å². The fourth-order valence-electron chi connectivity index (χ4n) is 3.02. The molecule has 0 aliphatic carbocycles. The monoisotopic (exact) mass is 464 g/mol. The number of thiophene rings is 1. The van der Waals surface area contributed by atoms with E-state index in [0.29, 0.717) is 5.92 Å². The van der Waals surface area contributed by atoms with Crippen molar-refractivity contribution in [1.29, 1.82) is 0 Å². The molecule has 138 valence electrons. The highest BCUT2D eigenvalue weighted by Crippen LogP contribution is 2.26. The van der Waals surface area contributed by atoms with E-state index in [1.807, 2.05) is 18.4 Å². The molecule has 2 rings (SSSR count). The van der Waals surface area contributed by atoms with E-state index >= 15 is 0 Å². The van der Waals surface area contributed by atoms with Crippen LogP contribution < -0.4 is 10.6 Å². The number of nitrogens with one attached hydrogen (secondary N) is 2. The van der Waals surface area contributed by atoms with Crippen molar-refractivity contribution >= 4 is 41.3 Å². The molecule has 4 nitrogen and oxygen atoms in total. The Labute approximate surface area is 168 Å². The third kappa shape index (κ3) is 6.88. The normalized spacial score (nSPS) is 17.4. The number of halogens is 1. The molecule has 1 saturated heterocycles. The van der Waals surface area contributed by atoms with E-state index in [9.17, 15) is 0 Å². The lowest BCUT2D eigenvalue weighted by atomic mass is 9.91. The van der Waals surface area contributed by atoms with Gasteiger partial charge in [-0.2, -0.15) is 0 Å². The van der Waals surface area contributed by atoms with Crippen LogP contribution in [0.5, 0.6) is 0 Å². The number of nitrogens with zero attached hydrogens (tertiary/aromatic N) is 2. The van der Waals surface area contributed by atoms with Crippen LogP contribution in [0.3, 0.4) is 0 Å². The summed E-state index contributed by atoms with van der Waals surface area (Å²) in [4.78, 5) is 8.34. The molecule has 1 atom stereocenters. The van der Waals surface area contributed by atoms with Gasteiger partial charge in [0.2, 0.25) is 0 Å². The van der Waals surface area contributed by atoms with Crippen LogP contribution in [0.2, 0.25) is 0 Å². The average molecular weight is 464 g/mol. The maximum absolute atomic E-state index is 4.36. The third-order valence-corrected chi connectivity index (χ3v) is 5.73.